The molecule has 4 nitrogen and oxygen atoms in total. The fraction of sp³-hybridized carbons (Fsp3) is 0.250. The van der Waals surface area contributed by atoms with Gasteiger partial charge in [-0.15, -0.1) is 0 Å². The van der Waals surface area contributed by atoms with Crippen molar-refractivity contribution in [1.82, 2.24) is 4.98 Å². The fourth-order valence-electron chi connectivity index (χ4n) is 0.793. The van der Waals surface area contributed by atoms with Crippen LogP contribution in [-0.4, -0.2) is 16.1 Å². The minimum atomic E-state index is -1.41. The number of nitrogens with two attached hydrogens (primary N) is 1. The maximum Gasteiger partial charge on any atom is 0.329 e. The molecule has 1 atom stereocenters. The van der Waals surface area contributed by atoms with Gasteiger partial charge in [0.05, 0.1) is 5.69 Å². The van der Waals surface area contributed by atoms with E-state index in [1.165, 1.54) is 6.92 Å². The van der Waals surface area contributed by atoms with Crippen LogP contribution in [0.5, 0.6) is 0 Å². The smallest absolute Gasteiger partial charge is 0.329 e. The van der Waals surface area contributed by atoms with E-state index in [2.05, 4.69) is 27.6 Å². The number of halogens is 1. The second-order valence-electron chi connectivity index (χ2n) is 2.87. The third-order valence-corrected chi connectivity index (χ3v) is 2.34. The Labute approximate surface area is 89.3 Å². The molecule has 0 radical (unpaired) electrons. The van der Waals surface area contributed by atoms with E-state index in [0.717, 1.165) is 3.57 Å². The third-order valence-electron chi connectivity index (χ3n) is 1.70. The summed E-state index contributed by atoms with van der Waals surface area (Å²) in [6.45, 7) is 1.42. The van der Waals surface area contributed by atoms with Crippen molar-refractivity contribution in [3.63, 3.8) is 0 Å². The van der Waals surface area contributed by atoms with Crippen molar-refractivity contribution < 1.29 is 9.90 Å². The van der Waals surface area contributed by atoms with E-state index in [-0.39, 0.29) is 0 Å². The molecular formula is C8H9IN2O2. The normalized spacial score (nSPS) is 15.0. The molecule has 5 heteroatoms. The minimum absolute atomic E-state index is 0.361. The van der Waals surface area contributed by atoms with Gasteiger partial charge in [-0.3, -0.25) is 4.98 Å². The van der Waals surface area contributed by atoms with Crippen LogP contribution in [0.15, 0.2) is 18.3 Å². The highest BCUT2D eigenvalue weighted by molar-refractivity contribution is 14.1. The molecule has 1 heterocycles. The van der Waals surface area contributed by atoms with Crippen LogP contribution in [0, 0.1) is 3.57 Å². The summed E-state index contributed by atoms with van der Waals surface area (Å²) in [4.78, 5) is 14.7. The van der Waals surface area contributed by atoms with Crippen molar-refractivity contribution in [2.24, 2.45) is 5.73 Å². The maximum absolute atomic E-state index is 10.7. The van der Waals surface area contributed by atoms with Gasteiger partial charge < -0.3 is 10.8 Å². The van der Waals surface area contributed by atoms with E-state index in [1.54, 1.807) is 18.3 Å². The van der Waals surface area contributed by atoms with Gasteiger partial charge in [0, 0.05) is 9.77 Å². The maximum atomic E-state index is 10.7. The summed E-state index contributed by atoms with van der Waals surface area (Å²) in [5.41, 5.74) is 4.52. The standard InChI is InChI=1S/C8H9IN2O2/c1-8(10,7(12)13)6-3-2-5(9)4-11-6/h2-4H,10H2,1H3,(H,12,13)/t8-/m1/s1. The zero-order chi connectivity index (χ0) is 10.1. The summed E-state index contributed by atoms with van der Waals surface area (Å²) in [5.74, 6) is -1.08. The van der Waals surface area contributed by atoms with Gasteiger partial charge in [0.25, 0.3) is 0 Å². The SMILES string of the molecule is C[C@](N)(C(=O)O)c1ccc(I)cn1. The Morgan fingerprint density at radius 1 is 1.69 bits per heavy atom. The molecule has 0 aliphatic rings. The predicted molar refractivity (Wildman–Crippen MR) is 56.1 cm³/mol. The molecule has 1 aromatic heterocycles. The summed E-state index contributed by atoms with van der Waals surface area (Å²) in [5, 5.41) is 8.80. The van der Waals surface area contributed by atoms with E-state index in [4.69, 9.17) is 10.8 Å². The first-order valence-corrected chi connectivity index (χ1v) is 4.67. The van der Waals surface area contributed by atoms with Crippen LogP contribution in [0.25, 0.3) is 0 Å². The van der Waals surface area contributed by atoms with E-state index in [9.17, 15) is 4.79 Å². The van der Waals surface area contributed by atoms with Crippen molar-refractivity contribution >= 4 is 28.6 Å². The Balaban J connectivity index is 3.08. The molecule has 0 fully saturated rings. The molecule has 0 aromatic carbocycles. The van der Waals surface area contributed by atoms with Gasteiger partial charge in [-0.1, -0.05) is 0 Å². The zero-order valence-electron chi connectivity index (χ0n) is 6.99. The molecule has 0 bridgehead atoms. The Bertz CT molecular complexity index is 321. The highest BCUT2D eigenvalue weighted by Gasteiger charge is 2.31. The first kappa shape index (κ1) is 10.4. The van der Waals surface area contributed by atoms with E-state index >= 15 is 0 Å². The topological polar surface area (TPSA) is 76.2 Å². The van der Waals surface area contributed by atoms with Gasteiger partial charge >= 0.3 is 5.97 Å². The molecule has 3 N–H and O–H groups in total. The van der Waals surface area contributed by atoms with Crippen LogP contribution < -0.4 is 5.73 Å². The summed E-state index contributed by atoms with van der Waals surface area (Å²) >= 11 is 2.09. The largest absolute Gasteiger partial charge is 0.480 e. The minimum Gasteiger partial charge on any atom is -0.480 e. The summed E-state index contributed by atoms with van der Waals surface area (Å²) in [6, 6.07) is 3.40. The number of pyridine rings is 1. The first-order valence-electron chi connectivity index (χ1n) is 3.59. The molecular weight excluding hydrogens is 283 g/mol. The molecule has 1 rings (SSSR count). The van der Waals surface area contributed by atoms with Gasteiger partial charge in [0.2, 0.25) is 0 Å². The molecule has 70 valence electrons. The molecule has 0 amide bonds. The Kier molecular flexibility index (Phi) is 2.87. The zero-order valence-corrected chi connectivity index (χ0v) is 9.15. The van der Waals surface area contributed by atoms with E-state index in [0.29, 0.717) is 5.69 Å². The van der Waals surface area contributed by atoms with Crippen LogP contribution >= 0.6 is 22.6 Å². The van der Waals surface area contributed by atoms with Crippen molar-refractivity contribution in [2.45, 2.75) is 12.5 Å². The second kappa shape index (κ2) is 3.59. The molecule has 0 spiro atoms. The highest BCUT2D eigenvalue weighted by Crippen LogP contribution is 2.16. The molecule has 0 aliphatic carbocycles. The van der Waals surface area contributed by atoms with Crippen molar-refractivity contribution in [3.8, 4) is 0 Å². The van der Waals surface area contributed by atoms with E-state index in [1.807, 2.05) is 0 Å². The van der Waals surface area contributed by atoms with Crippen LogP contribution in [-0.2, 0) is 10.3 Å². The van der Waals surface area contributed by atoms with Gasteiger partial charge in [0.15, 0.2) is 5.54 Å². The molecule has 1 aromatic rings. The fourth-order valence-corrected chi connectivity index (χ4v) is 1.11. The van der Waals surface area contributed by atoms with Gasteiger partial charge in [0.1, 0.15) is 0 Å². The number of hydrogen-bond acceptors (Lipinski definition) is 3. The first-order chi connectivity index (χ1) is 5.94. The predicted octanol–water partition coefficient (Wildman–Crippen LogP) is 0.945. The van der Waals surface area contributed by atoms with Crippen molar-refractivity contribution in [2.75, 3.05) is 0 Å². The number of carbonyl (C=O) groups is 1. The average Bonchev–Trinajstić information content (AvgIpc) is 2.04. The monoisotopic (exact) mass is 292 g/mol. The van der Waals surface area contributed by atoms with Crippen molar-refractivity contribution in [1.29, 1.82) is 0 Å². The number of carboxylic acid groups (broad SMARTS) is 1. The van der Waals surface area contributed by atoms with E-state index < -0.39 is 11.5 Å². The van der Waals surface area contributed by atoms with Gasteiger partial charge in [-0.25, -0.2) is 4.79 Å². The lowest BCUT2D eigenvalue weighted by Gasteiger charge is -2.17. The summed E-state index contributed by atoms with van der Waals surface area (Å²) < 4.78 is 0.947. The van der Waals surface area contributed by atoms with Gasteiger partial charge in [-0.05, 0) is 41.6 Å². The molecule has 0 unspecified atom stereocenters. The number of carboxylic acids is 1. The quantitative estimate of drug-likeness (QED) is 0.796. The molecule has 0 saturated carbocycles. The molecule has 13 heavy (non-hydrogen) atoms. The molecule has 0 saturated heterocycles. The number of aromatic nitrogens is 1. The summed E-state index contributed by atoms with van der Waals surface area (Å²) in [6.07, 6.45) is 1.59. The van der Waals surface area contributed by atoms with Crippen LogP contribution in [0.3, 0.4) is 0 Å². The Morgan fingerprint density at radius 2 is 2.31 bits per heavy atom. The number of rotatable bonds is 2. The lowest BCUT2D eigenvalue weighted by Crippen LogP contribution is -2.42. The Morgan fingerprint density at radius 3 is 2.69 bits per heavy atom. The molecule has 0 aliphatic heterocycles. The van der Waals surface area contributed by atoms with Crippen molar-refractivity contribution in [3.05, 3.63) is 27.6 Å². The van der Waals surface area contributed by atoms with Gasteiger partial charge in [-0.2, -0.15) is 0 Å². The Hall–Kier alpha value is -0.690. The third kappa shape index (κ3) is 2.16. The highest BCUT2D eigenvalue weighted by atomic mass is 127. The lowest BCUT2D eigenvalue weighted by atomic mass is 9.99. The lowest BCUT2D eigenvalue weighted by molar-refractivity contribution is -0.143. The van der Waals surface area contributed by atoms with Crippen LogP contribution in [0.2, 0.25) is 0 Å². The number of aliphatic carboxylic acids is 1. The number of nitrogens with zero attached hydrogens (tertiary/aromatic N) is 1. The summed E-state index contributed by atoms with van der Waals surface area (Å²) in [7, 11) is 0. The van der Waals surface area contributed by atoms with Crippen LogP contribution in [0.1, 0.15) is 12.6 Å². The van der Waals surface area contributed by atoms with Crippen LogP contribution in [0.4, 0.5) is 0 Å². The number of hydrogen-bond donors (Lipinski definition) is 2. The average molecular weight is 292 g/mol. The second-order valence-corrected chi connectivity index (χ2v) is 4.11.